The van der Waals surface area contributed by atoms with Gasteiger partial charge < -0.3 is 14.4 Å². The van der Waals surface area contributed by atoms with E-state index >= 15 is 0 Å². The Kier molecular flexibility index (Phi) is 4.34. The van der Waals surface area contributed by atoms with Crippen molar-refractivity contribution in [2.24, 2.45) is 0 Å². The Labute approximate surface area is 116 Å². The van der Waals surface area contributed by atoms with Gasteiger partial charge in [-0.05, 0) is 18.6 Å². The number of carbonyl (C=O) groups is 2. The van der Waals surface area contributed by atoms with Crippen molar-refractivity contribution in [3.8, 4) is 0 Å². The predicted molar refractivity (Wildman–Crippen MR) is 73.4 cm³/mol. The summed E-state index contributed by atoms with van der Waals surface area (Å²) in [5.41, 5.74) is 1.52. The zero-order valence-electron chi connectivity index (χ0n) is 11.3. The number of carbonyl (C=O) groups excluding carboxylic acids is 1. The van der Waals surface area contributed by atoms with Crippen molar-refractivity contribution in [2.45, 2.75) is 19.3 Å². The summed E-state index contributed by atoms with van der Waals surface area (Å²) in [5, 5.41) is 8.56. The van der Waals surface area contributed by atoms with E-state index in [1.54, 1.807) is 11.9 Å². The molecule has 0 fully saturated rings. The fourth-order valence-corrected chi connectivity index (χ4v) is 1.95. The molecule has 1 amide bonds. The summed E-state index contributed by atoms with van der Waals surface area (Å²) in [5.74, 6) is -0.898. The van der Waals surface area contributed by atoms with Crippen LogP contribution in [0.3, 0.4) is 0 Å². The Morgan fingerprint density at radius 3 is 2.90 bits per heavy atom. The summed E-state index contributed by atoms with van der Waals surface area (Å²) < 4.78 is 1.87. The molecular formula is C14H17N3O3. The van der Waals surface area contributed by atoms with Gasteiger partial charge in [-0.15, -0.1) is 0 Å². The van der Waals surface area contributed by atoms with Crippen LogP contribution in [0.15, 0.2) is 30.6 Å². The third-order valence-electron chi connectivity index (χ3n) is 3.06. The van der Waals surface area contributed by atoms with E-state index < -0.39 is 5.97 Å². The number of aliphatic carboxylic acids is 1. The average Bonchev–Trinajstić information content (AvgIpc) is 2.80. The highest BCUT2D eigenvalue weighted by molar-refractivity contribution is 5.78. The van der Waals surface area contributed by atoms with E-state index in [0.717, 1.165) is 5.65 Å². The van der Waals surface area contributed by atoms with Crippen LogP contribution in [0.2, 0.25) is 0 Å². The second-order valence-corrected chi connectivity index (χ2v) is 4.69. The van der Waals surface area contributed by atoms with Crippen LogP contribution in [0.25, 0.3) is 5.65 Å². The number of likely N-dealkylation sites (N-methyl/N-ethyl adjacent to an activating group) is 1. The maximum atomic E-state index is 12.0. The number of imidazole rings is 1. The molecule has 106 valence electrons. The molecule has 0 aliphatic carbocycles. The monoisotopic (exact) mass is 275 g/mol. The number of pyridine rings is 1. The van der Waals surface area contributed by atoms with Crippen LogP contribution in [-0.2, 0) is 16.0 Å². The van der Waals surface area contributed by atoms with Gasteiger partial charge in [-0.25, -0.2) is 4.98 Å². The number of carboxylic acid groups (broad SMARTS) is 1. The number of fused-ring (bicyclic) bond motifs is 1. The third-order valence-corrected chi connectivity index (χ3v) is 3.06. The topological polar surface area (TPSA) is 74.9 Å². The van der Waals surface area contributed by atoms with Gasteiger partial charge >= 0.3 is 5.97 Å². The van der Waals surface area contributed by atoms with E-state index in [1.165, 1.54) is 0 Å². The molecule has 2 heterocycles. The molecule has 2 rings (SSSR count). The first-order valence-corrected chi connectivity index (χ1v) is 6.44. The van der Waals surface area contributed by atoms with Crippen LogP contribution >= 0.6 is 0 Å². The van der Waals surface area contributed by atoms with E-state index in [9.17, 15) is 9.59 Å². The molecule has 0 radical (unpaired) electrons. The van der Waals surface area contributed by atoms with Gasteiger partial charge in [-0.3, -0.25) is 9.59 Å². The minimum atomic E-state index is -0.841. The lowest BCUT2D eigenvalue weighted by atomic mass is 10.2. The van der Waals surface area contributed by atoms with Gasteiger partial charge in [-0.2, -0.15) is 0 Å². The Morgan fingerprint density at radius 2 is 2.20 bits per heavy atom. The minimum absolute atomic E-state index is 0.0567. The van der Waals surface area contributed by atoms with E-state index in [-0.39, 0.29) is 18.7 Å². The van der Waals surface area contributed by atoms with Crippen molar-refractivity contribution in [3.05, 3.63) is 36.3 Å². The van der Waals surface area contributed by atoms with Gasteiger partial charge in [0, 0.05) is 32.4 Å². The lowest BCUT2D eigenvalue weighted by Gasteiger charge is -2.15. The van der Waals surface area contributed by atoms with Crippen molar-refractivity contribution in [2.75, 3.05) is 13.6 Å². The molecule has 1 N–H and O–H groups in total. The fraction of sp³-hybridized carbons (Fsp3) is 0.357. The molecule has 0 aromatic carbocycles. The molecule has 6 nitrogen and oxygen atoms in total. The van der Waals surface area contributed by atoms with E-state index in [4.69, 9.17) is 5.11 Å². The molecule has 0 bridgehead atoms. The molecule has 0 spiro atoms. The summed E-state index contributed by atoms with van der Waals surface area (Å²) in [7, 11) is 1.68. The molecule has 0 saturated heterocycles. The standard InChI is InChI=1S/C14H17N3O3/c1-16(7-4-6-14(19)20)13(18)9-11-10-17-8-3-2-5-12(17)15-11/h2-3,5,8,10H,4,6-7,9H2,1H3,(H,19,20). The highest BCUT2D eigenvalue weighted by atomic mass is 16.4. The molecule has 0 aliphatic rings. The molecule has 0 aliphatic heterocycles. The lowest BCUT2D eigenvalue weighted by molar-refractivity contribution is -0.138. The number of amides is 1. The first kappa shape index (κ1) is 14.0. The maximum Gasteiger partial charge on any atom is 0.303 e. The van der Waals surface area contributed by atoms with Crippen LogP contribution in [0.1, 0.15) is 18.5 Å². The molecule has 6 heteroatoms. The third kappa shape index (κ3) is 3.57. The molecule has 0 unspecified atom stereocenters. The fourth-order valence-electron chi connectivity index (χ4n) is 1.95. The van der Waals surface area contributed by atoms with Crippen LogP contribution < -0.4 is 0 Å². The molecule has 20 heavy (non-hydrogen) atoms. The Balaban J connectivity index is 1.91. The lowest BCUT2D eigenvalue weighted by Crippen LogP contribution is -2.29. The smallest absolute Gasteiger partial charge is 0.303 e. The van der Waals surface area contributed by atoms with Gasteiger partial charge in [0.25, 0.3) is 0 Å². The molecule has 2 aromatic heterocycles. The average molecular weight is 275 g/mol. The maximum absolute atomic E-state index is 12.0. The van der Waals surface area contributed by atoms with Crippen LogP contribution in [0, 0.1) is 0 Å². The van der Waals surface area contributed by atoms with Crippen molar-refractivity contribution in [1.29, 1.82) is 0 Å². The molecule has 2 aromatic rings. The summed E-state index contributed by atoms with van der Waals surface area (Å²) >= 11 is 0. The highest BCUT2D eigenvalue weighted by Gasteiger charge is 2.12. The summed E-state index contributed by atoms with van der Waals surface area (Å²) in [6.45, 7) is 0.443. The number of carboxylic acids is 1. The molecular weight excluding hydrogens is 258 g/mol. The normalized spacial score (nSPS) is 10.7. The van der Waals surface area contributed by atoms with Gasteiger partial charge in [0.05, 0.1) is 12.1 Å². The minimum Gasteiger partial charge on any atom is -0.481 e. The van der Waals surface area contributed by atoms with Gasteiger partial charge in [0.15, 0.2) is 0 Å². The Bertz CT molecular complexity index is 588. The van der Waals surface area contributed by atoms with E-state index in [0.29, 0.717) is 18.7 Å². The Morgan fingerprint density at radius 1 is 1.40 bits per heavy atom. The first-order chi connectivity index (χ1) is 9.56. The summed E-state index contributed by atoms with van der Waals surface area (Å²) in [6.07, 6.45) is 4.48. The highest BCUT2D eigenvalue weighted by Crippen LogP contribution is 2.06. The van der Waals surface area contributed by atoms with Crippen LogP contribution in [-0.4, -0.2) is 44.9 Å². The SMILES string of the molecule is CN(CCCC(=O)O)C(=O)Cc1cn2ccccc2n1. The number of hydrogen-bond donors (Lipinski definition) is 1. The predicted octanol–water partition coefficient (Wildman–Crippen LogP) is 1.20. The van der Waals surface area contributed by atoms with Crippen molar-refractivity contribution in [1.82, 2.24) is 14.3 Å². The molecule has 0 saturated carbocycles. The second kappa shape index (κ2) is 6.18. The van der Waals surface area contributed by atoms with Gasteiger partial charge in [0.1, 0.15) is 5.65 Å². The van der Waals surface area contributed by atoms with Gasteiger partial charge in [-0.1, -0.05) is 6.07 Å². The summed E-state index contributed by atoms with van der Waals surface area (Å²) in [6, 6.07) is 5.68. The van der Waals surface area contributed by atoms with Crippen molar-refractivity contribution < 1.29 is 14.7 Å². The zero-order chi connectivity index (χ0) is 14.5. The van der Waals surface area contributed by atoms with Crippen LogP contribution in [0.4, 0.5) is 0 Å². The zero-order valence-corrected chi connectivity index (χ0v) is 11.3. The van der Waals surface area contributed by atoms with Crippen molar-refractivity contribution >= 4 is 17.5 Å². The number of hydrogen-bond acceptors (Lipinski definition) is 3. The number of rotatable bonds is 6. The first-order valence-electron chi connectivity index (χ1n) is 6.44. The number of nitrogens with zero attached hydrogens (tertiary/aromatic N) is 3. The summed E-state index contributed by atoms with van der Waals surface area (Å²) in [4.78, 5) is 28.3. The number of aromatic nitrogens is 2. The second-order valence-electron chi connectivity index (χ2n) is 4.69. The largest absolute Gasteiger partial charge is 0.481 e. The van der Waals surface area contributed by atoms with Crippen LogP contribution in [0.5, 0.6) is 0 Å². The molecule has 0 atom stereocenters. The van der Waals surface area contributed by atoms with E-state index in [2.05, 4.69) is 4.98 Å². The Hall–Kier alpha value is -2.37. The quantitative estimate of drug-likeness (QED) is 0.859. The van der Waals surface area contributed by atoms with Crippen molar-refractivity contribution in [3.63, 3.8) is 0 Å². The van der Waals surface area contributed by atoms with Gasteiger partial charge in [0.2, 0.25) is 5.91 Å². The van der Waals surface area contributed by atoms with E-state index in [1.807, 2.05) is 35.0 Å².